The van der Waals surface area contributed by atoms with Crippen molar-refractivity contribution in [3.05, 3.63) is 70.8 Å². The molecule has 2 aromatic rings. The molecule has 1 heterocycles. The number of amides is 1. The van der Waals surface area contributed by atoms with Gasteiger partial charge in [-0.2, -0.15) is 13.2 Å². The van der Waals surface area contributed by atoms with Crippen LogP contribution in [0.3, 0.4) is 0 Å². The van der Waals surface area contributed by atoms with Crippen molar-refractivity contribution >= 4 is 11.9 Å². The summed E-state index contributed by atoms with van der Waals surface area (Å²) in [5, 5.41) is 2.83. The number of esters is 1. The van der Waals surface area contributed by atoms with Gasteiger partial charge in [0.1, 0.15) is 6.17 Å². The molecule has 0 saturated carbocycles. The van der Waals surface area contributed by atoms with Crippen molar-refractivity contribution in [1.29, 1.82) is 0 Å². The number of benzene rings is 2. The molecule has 32 heavy (non-hydrogen) atoms. The van der Waals surface area contributed by atoms with E-state index >= 15 is 0 Å². The van der Waals surface area contributed by atoms with Gasteiger partial charge in [-0.1, -0.05) is 30.3 Å². The summed E-state index contributed by atoms with van der Waals surface area (Å²) in [5.41, 5.74) is 0.692. The van der Waals surface area contributed by atoms with Gasteiger partial charge in [0.15, 0.2) is 0 Å². The van der Waals surface area contributed by atoms with E-state index in [1.807, 2.05) is 0 Å². The van der Waals surface area contributed by atoms with Crippen LogP contribution in [0.1, 0.15) is 46.4 Å². The maximum Gasteiger partial charge on any atom is 0.416 e. The first-order valence-corrected chi connectivity index (χ1v) is 10.1. The molecule has 2 aromatic carbocycles. The fourth-order valence-electron chi connectivity index (χ4n) is 3.79. The molecule has 0 aromatic heterocycles. The molecule has 0 radical (unpaired) electrons. The second-order valence-electron chi connectivity index (χ2n) is 7.82. The Kier molecular flexibility index (Phi) is 7.18. The highest BCUT2D eigenvalue weighted by Gasteiger charge is 2.38. The average Bonchev–Trinajstić information content (AvgIpc) is 3.13. The van der Waals surface area contributed by atoms with Gasteiger partial charge in [-0.05, 0) is 36.2 Å². The minimum absolute atomic E-state index is 0.0290. The topological polar surface area (TPSA) is 58.6 Å². The molecule has 0 spiro atoms. The van der Waals surface area contributed by atoms with Crippen LogP contribution in [0.2, 0.25) is 0 Å². The summed E-state index contributed by atoms with van der Waals surface area (Å²) in [6.45, 7) is 1.76. The monoisotopic (exact) mass is 452 g/mol. The van der Waals surface area contributed by atoms with Crippen LogP contribution in [-0.4, -0.2) is 42.6 Å². The molecule has 3 unspecified atom stereocenters. The van der Waals surface area contributed by atoms with E-state index in [1.165, 1.54) is 19.2 Å². The highest BCUT2D eigenvalue weighted by molar-refractivity contribution is 5.89. The Morgan fingerprint density at radius 2 is 1.88 bits per heavy atom. The zero-order valence-electron chi connectivity index (χ0n) is 17.7. The summed E-state index contributed by atoms with van der Waals surface area (Å²) in [6, 6.07) is 10.1. The van der Waals surface area contributed by atoms with Gasteiger partial charge in [0.25, 0.3) is 0 Å². The third-order valence-electron chi connectivity index (χ3n) is 5.49. The Bertz CT molecular complexity index is 962. The molecule has 1 fully saturated rings. The Morgan fingerprint density at radius 3 is 2.50 bits per heavy atom. The molecule has 9 heteroatoms. The number of likely N-dealkylation sites (tertiary alicyclic amines) is 1. The number of nitrogens with one attached hydrogen (secondary N) is 1. The molecule has 0 aliphatic carbocycles. The number of alkyl halides is 4. The van der Waals surface area contributed by atoms with Crippen LogP contribution in [0, 0.1) is 0 Å². The molecule has 5 nitrogen and oxygen atoms in total. The van der Waals surface area contributed by atoms with Crippen LogP contribution < -0.4 is 5.32 Å². The van der Waals surface area contributed by atoms with E-state index in [0.717, 1.165) is 17.7 Å². The fourth-order valence-corrected chi connectivity index (χ4v) is 3.79. The van der Waals surface area contributed by atoms with Crippen molar-refractivity contribution in [1.82, 2.24) is 10.2 Å². The van der Waals surface area contributed by atoms with Crippen LogP contribution in [0.25, 0.3) is 0 Å². The van der Waals surface area contributed by atoms with Crippen molar-refractivity contribution in [3.8, 4) is 0 Å². The largest absolute Gasteiger partial charge is 0.465 e. The Balaban J connectivity index is 1.68. The first kappa shape index (κ1) is 23.7. The lowest BCUT2D eigenvalue weighted by Gasteiger charge is -2.25. The van der Waals surface area contributed by atoms with Crippen LogP contribution in [0.5, 0.6) is 0 Å². The second kappa shape index (κ2) is 9.68. The molecule has 1 saturated heterocycles. The quantitative estimate of drug-likeness (QED) is 0.525. The second-order valence-corrected chi connectivity index (χ2v) is 7.82. The van der Waals surface area contributed by atoms with Crippen LogP contribution in [0.4, 0.5) is 17.6 Å². The number of nitrogens with zero attached hydrogens (tertiary/aromatic N) is 1. The third kappa shape index (κ3) is 5.64. The van der Waals surface area contributed by atoms with Crippen molar-refractivity contribution in [2.45, 2.75) is 44.3 Å². The SMILES string of the molecule is COC(=O)c1ccc(C(C)NC(=O)C2CC(F)CN2Cc2cccc(C(F)(F)F)c2)cc1. The molecule has 172 valence electrons. The number of carbonyl (C=O) groups is 2. The van der Waals surface area contributed by atoms with Crippen molar-refractivity contribution < 1.29 is 31.9 Å². The van der Waals surface area contributed by atoms with Gasteiger partial charge < -0.3 is 10.1 Å². The highest BCUT2D eigenvalue weighted by atomic mass is 19.4. The predicted molar refractivity (Wildman–Crippen MR) is 109 cm³/mol. The normalized spacial score (nSPS) is 20.1. The fraction of sp³-hybridized carbons (Fsp3) is 0.391. The lowest BCUT2D eigenvalue weighted by molar-refractivity contribution is -0.137. The lowest BCUT2D eigenvalue weighted by Crippen LogP contribution is -2.43. The molecule has 3 atom stereocenters. The predicted octanol–water partition coefficient (Wildman–Crippen LogP) is 4.28. The molecule has 3 rings (SSSR count). The highest BCUT2D eigenvalue weighted by Crippen LogP contribution is 2.31. The van der Waals surface area contributed by atoms with E-state index in [1.54, 1.807) is 36.1 Å². The maximum atomic E-state index is 14.1. The van der Waals surface area contributed by atoms with Gasteiger partial charge in [-0.15, -0.1) is 0 Å². The van der Waals surface area contributed by atoms with Gasteiger partial charge in [-0.3, -0.25) is 9.69 Å². The summed E-state index contributed by atoms with van der Waals surface area (Å²) in [5.74, 6) is -0.875. The van der Waals surface area contributed by atoms with E-state index in [9.17, 15) is 27.2 Å². The first-order chi connectivity index (χ1) is 15.1. The smallest absolute Gasteiger partial charge is 0.416 e. The number of halogens is 4. The van der Waals surface area contributed by atoms with Crippen molar-refractivity contribution in [2.75, 3.05) is 13.7 Å². The molecule has 1 amide bonds. The van der Waals surface area contributed by atoms with E-state index in [2.05, 4.69) is 10.1 Å². The van der Waals surface area contributed by atoms with E-state index < -0.39 is 41.9 Å². The zero-order chi connectivity index (χ0) is 23.5. The van der Waals surface area contributed by atoms with Gasteiger partial charge in [0.2, 0.25) is 5.91 Å². The van der Waals surface area contributed by atoms with Gasteiger partial charge in [0, 0.05) is 19.5 Å². The number of carbonyl (C=O) groups excluding carboxylic acids is 2. The third-order valence-corrected chi connectivity index (χ3v) is 5.49. The molecule has 1 aliphatic rings. The van der Waals surface area contributed by atoms with Gasteiger partial charge in [0.05, 0.1) is 30.3 Å². The number of ether oxygens (including phenoxy) is 1. The summed E-state index contributed by atoms with van der Waals surface area (Å²) in [7, 11) is 1.28. The van der Waals surface area contributed by atoms with Crippen molar-refractivity contribution in [2.24, 2.45) is 0 Å². The van der Waals surface area contributed by atoms with E-state index in [-0.39, 0.29) is 19.5 Å². The Hall–Kier alpha value is -2.94. The van der Waals surface area contributed by atoms with Gasteiger partial charge >= 0.3 is 12.1 Å². The van der Waals surface area contributed by atoms with Crippen molar-refractivity contribution in [3.63, 3.8) is 0 Å². The lowest BCUT2D eigenvalue weighted by atomic mass is 10.0. The maximum absolute atomic E-state index is 14.1. The Labute approximate surface area is 183 Å². The molecule has 1 aliphatic heterocycles. The van der Waals surface area contributed by atoms with Crippen LogP contribution >= 0.6 is 0 Å². The molecular weight excluding hydrogens is 428 g/mol. The standard InChI is InChI=1S/C23H24F4N2O3/c1-14(16-6-8-17(9-7-16)22(31)32-2)28-21(30)20-11-19(24)13-29(20)12-15-4-3-5-18(10-15)23(25,26)27/h3-10,14,19-20H,11-13H2,1-2H3,(H,28,30). The van der Waals surface area contributed by atoms with Gasteiger partial charge in [-0.25, -0.2) is 9.18 Å². The molecule has 1 N–H and O–H groups in total. The molecular formula is C23H24F4N2O3. The summed E-state index contributed by atoms with van der Waals surface area (Å²) in [6.07, 6.45) is -5.75. The van der Waals surface area contributed by atoms with Crippen LogP contribution in [-0.2, 0) is 22.3 Å². The van der Waals surface area contributed by atoms with E-state index in [0.29, 0.717) is 11.1 Å². The van der Waals surface area contributed by atoms with Crippen LogP contribution in [0.15, 0.2) is 48.5 Å². The average molecular weight is 452 g/mol. The molecule has 0 bridgehead atoms. The summed E-state index contributed by atoms with van der Waals surface area (Å²) >= 11 is 0. The zero-order valence-corrected chi connectivity index (χ0v) is 17.7. The Morgan fingerprint density at radius 1 is 1.19 bits per heavy atom. The first-order valence-electron chi connectivity index (χ1n) is 10.1. The number of hydrogen-bond donors (Lipinski definition) is 1. The number of methoxy groups -OCH3 is 1. The minimum Gasteiger partial charge on any atom is -0.465 e. The minimum atomic E-state index is -4.47. The summed E-state index contributed by atoms with van der Waals surface area (Å²) < 4.78 is 57.7. The summed E-state index contributed by atoms with van der Waals surface area (Å²) in [4.78, 5) is 26.0. The van der Waals surface area contributed by atoms with E-state index in [4.69, 9.17) is 0 Å². The number of hydrogen-bond acceptors (Lipinski definition) is 4. The number of rotatable bonds is 6.